The fourth-order valence-corrected chi connectivity index (χ4v) is 21.6. The predicted molar refractivity (Wildman–Crippen MR) is 535 cm³/mol. The summed E-state index contributed by atoms with van der Waals surface area (Å²) in [6, 6.07) is 34.3. The Hall–Kier alpha value is -13.8. The van der Waals surface area contributed by atoms with E-state index in [-0.39, 0.29) is 23.0 Å². The minimum absolute atomic E-state index is 0.0373. The maximum Gasteiger partial charge on any atom is 0.337 e. The molecule has 5 saturated carbocycles. The summed E-state index contributed by atoms with van der Waals surface area (Å²) in [6.45, 7) is 23.0. The lowest BCUT2D eigenvalue weighted by Crippen LogP contribution is -2.27. The van der Waals surface area contributed by atoms with E-state index in [9.17, 15) is 33.8 Å². The van der Waals surface area contributed by atoms with Crippen LogP contribution in [-0.4, -0.2) is 111 Å². The molecule has 1 amide bonds. The minimum atomic E-state index is -1.06. The van der Waals surface area contributed by atoms with Gasteiger partial charge in [0.05, 0.1) is 90.7 Å². The molecule has 138 heavy (non-hydrogen) atoms. The number of ether oxygens (including phenoxy) is 1. The molecule has 3 N–H and O–H groups in total. The number of hydrogen-bond donors (Lipinski definition) is 3. The summed E-state index contributed by atoms with van der Waals surface area (Å²) in [6.07, 6.45) is 46.1. The lowest BCUT2D eigenvalue weighted by Gasteiger charge is -2.31. The molecule has 5 aliphatic carbocycles. The molecule has 21 rings (SSSR count). The molecule has 26 heteroatoms. The topological polar surface area (TPSA) is 318 Å². The predicted octanol–water partition coefficient (Wildman–Crippen LogP) is 27.0. The number of fused-ring (bicyclic) bond motifs is 4. The minimum Gasteiger partial charge on any atom is -0.478 e. The van der Waals surface area contributed by atoms with Crippen LogP contribution in [0.2, 0.25) is 0 Å². The number of halogens is 1. The van der Waals surface area contributed by atoms with Crippen LogP contribution in [0.15, 0.2) is 183 Å². The molecule has 1 spiro atoms. The number of esters is 1. The smallest absolute Gasteiger partial charge is 0.337 e. The molecule has 5 fully saturated rings. The van der Waals surface area contributed by atoms with Gasteiger partial charge in [0, 0.05) is 161 Å². The van der Waals surface area contributed by atoms with Crippen molar-refractivity contribution in [1.29, 1.82) is 0 Å². The molecule has 0 bridgehead atoms. The lowest BCUT2D eigenvalue weighted by atomic mass is 9.80. The van der Waals surface area contributed by atoms with Gasteiger partial charge in [0.25, 0.3) is 0 Å². The van der Waals surface area contributed by atoms with Crippen LogP contribution in [0.25, 0.3) is 133 Å². The first-order chi connectivity index (χ1) is 66.7. The number of anilines is 1. The zero-order chi connectivity index (χ0) is 96.2. The molecule has 714 valence electrons. The highest BCUT2D eigenvalue weighted by molar-refractivity contribution is 6.01. The molecule has 0 atom stereocenters. The number of pyridine rings is 5. The summed E-state index contributed by atoms with van der Waals surface area (Å²) in [5.74, 6) is 3.91. The largest absolute Gasteiger partial charge is 0.478 e. The highest BCUT2D eigenvalue weighted by Crippen LogP contribution is 2.58. The number of nitrogens with one attached hydrogen (secondary N) is 1. The van der Waals surface area contributed by atoms with Crippen LogP contribution in [0.5, 0.6) is 0 Å². The number of aryl methyl sites for hydroxylation is 8. The van der Waals surface area contributed by atoms with Gasteiger partial charge < -0.3 is 56.6 Å². The van der Waals surface area contributed by atoms with E-state index in [0.717, 1.165) is 224 Å². The van der Waals surface area contributed by atoms with Crippen molar-refractivity contribution in [1.82, 2.24) is 63.8 Å². The molecular weight excluding hydrogens is 1740 g/mol. The number of amides is 1. The van der Waals surface area contributed by atoms with Gasteiger partial charge in [0.2, 0.25) is 5.91 Å². The Morgan fingerprint density at radius 3 is 0.971 bits per heavy atom. The Morgan fingerprint density at radius 2 is 0.688 bits per heavy atom. The van der Waals surface area contributed by atoms with Gasteiger partial charge in [0.15, 0.2) is 0 Å². The van der Waals surface area contributed by atoms with Gasteiger partial charge in [-0.15, -0.1) is 0 Å². The maximum absolute atomic E-state index is 14.4. The average molecular weight is 1860 g/mol. The Morgan fingerprint density at radius 1 is 0.391 bits per heavy atom. The fraction of sp³-hybridized carbons (Fsp3) is 0.402. The number of aromatic carboxylic acids is 2. The summed E-state index contributed by atoms with van der Waals surface area (Å²) in [5, 5.41) is 37.9. The zero-order valence-electron chi connectivity index (χ0n) is 81.0. The van der Waals surface area contributed by atoms with Gasteiger partial charge in [-0.25, -0.2) is 23.8 Å². The standard InChI is InChI=1S/C29H34FN5O2.C28H29N3O3.C28H31N3O3.C27H29N3O3/c1-5-6-26(36)33-25-8-7-21(14-31-25)23-17-35(16-20-9-11-29(4,30)12-10-20)24-13-22(15-32-28(23)24)27-18(2)34-37-19(27)3;1-17-25(18(2)34-30-17)22-13-24-26(29-14-22)23(20-3-5-21(6-4-20)27(32)33)16-31(24)15-19-7-9-28(10-8-19)11-12-28;1-18-26(19(2)34-30-18)23-14-25-27(29-15-23)24(21-10-12-22(13-11-21)28(32)33-3)17-31(25)16-20-8-6-4-5-7-9-20;1-17-25(18(2)33-29-17)22-13-24-26(28-14-22)23(20-9-11-21(12-10-20)27(31)32)16-30(24)15-19-7-5-3-4-6-8-19/h7-8,13-15,17,20H,5-6,9-12,16H2,1-4H3,(H,31,33,36);3-6,13-14,16,19H,7-12,15H2,1-2H3,(H,32,33);10-15,17,20H,4-9,16H2,1-3H3;9-14,16,19H,3-8,15H2,1-2H3,(H,31,32). The normalized spacial score (nSPS) is 16.9. The third-order valence-electron chi connectivity index (χ3n) is 29.5. The lowest BCUT2D eigenvalue weighted by molar-refractivity contribution is -0.116. The quantitative estimate of drug-likeness (QED) is 0.0419. The van der Waals surface area contributed by atoms with E-state index < -0.39 is 17.6 Å². The van der Waals surface area contributed by atoms with E-state index in [2.05, 4.69) is 98.2 Å². The molecule has 0 aliphatic heterocycles. The second kappa shape index (κ2) is 40.9. The summed E-state index contributed by atoms with van der Waals surface area (Å²) in [5.41, 5.74) is 28.2. The molecule has 5 aliphatic rings. The van der Waals surface area contributed by atoms with Crippen molar-refractivity contribution in [3.8, 4) is 89.0 Å². The van der Waals surface area contributed by atoms with Crippen molar-refractivity contribution in [2.45, 2.75) is 255 Å². The van der Waals surface area contributed by atoms with E-state index in [1.165, 1.54) is 123 Å². The molecular formula is C112H123FN14O11. The number of carbonyl (C=O) groups is 4. The number of carboxylic acids is 2. The van der Waals surface area contributed by atoms with Crippen molar-refractivity contribution in [3.63, 3.8) is 0 Å². The number of methoxy groups -OCH3 is 1. The van der Waals surface area contributed by atoms with Gasteiger partial charge >= 0.3 is 17.9 Å². The molecule has 3 aromatic carbocycles. The van der Waals surface area contributed by atoms with Gasteiger partial charge in [-0.2, -0.15) is 0 Å². The van der Waals surface area contributed by atoms with Gasteiger partial charge in [-0.3, -0.25) is 24.7 Å². The molecule has 16 aromatic rings. The van der Waals surface area contributed by atoms with Crippen LogP contribution in [0.4, 0.5) is 10.2 Å². The number of carboxylic acid groups (broad SMARTS) is 2. The molecule has 0 radical (unpaired) electrons. The maximum atomic E-state index is 14.4. The van der Waals surface area contributed by atoms with Crippen LogP contribution in [0.3, 0.4) is 0 Å². The SMILES string of the molecule is CCCC(=O)Nc1ccc(-c2cn(CC3CCC(C)(F)CC3)c3cc(-c4c(C)noc4C)cnc23)cn1.COC(=O)c1ccc(-c2cn(CC3CCCCCC3)c3cc(-c4c(C)noc4C)cnc23)cc1.Cc1noc(C)c1-c1cnc2c(-c3ccc(C(=O)O)cc3)cn(CC3CCC4(CC3)CC4)c2c1.Cc1noc(C)c1-c1cnc2c(-c3ccc(C(=O)O)cc3)cn(CC3CCCCCC3)c2c1. The first-order valence-electron chi connectivity index (χ1n) is 49.2. The van der Waals surface area contributed by atoms with Crippen molar-refractivity contribution in [3.05, 3.63) is 227 Å². The van der Waals surface area contributed by atoms with Gasteiger partial charge in [-0.1, -0.05) is 115 Å². The van der Waals surface area contributed by atoms with E-state index in [4.69, 9.17) is 42.8 Å². The Balaban J connectivity index is 0.000000122. The first-order valence-corrected chi connectivity index (χ1v) is 49.2. The van der Waals surface area contributed by atoms with E-state index >= 15 is 0 Å². The molecule has 13 heterocycles. The second-order valence-corrected chi connectivity index (χ2v) is 39.5. The Bertz CT molecular complexity index is 7000. The number of nitrogens with zero attached hydrogens (tertiary/aromatic N) is 13. The van der Waals surface area contributed by atoms with Crippen molar-refractivity contribution >= 4 is 73.8 Å². The van der Waals surface area contributed by atoms with Crippen molar-refractivity contribution in [2.24, 2.45) is 29.1 Å². The number of rotatable bonds is 22. The van der Waals surface area contributed by atoms with Crippen LogP contribution < -0.4 is 5.32 Å². The molecule has 0 saturated heterocycles. The molecule has 0 unspecified atom stereocenters. The van der Waals surface area contributed by atoms with E-state index in [1.54, 1.807) is 37.4 Å². The molecule has 25 nitrogen and oxygen atoms in total. The van der Waals surface area contributed by atoms with Crippen LogP contribution in [0, 0.1) is 84.5 Å². The molecule has 13 aromatic heterocycles. The summed E-state index contributed by atoms with van der Waals surface area (Å²) in [4.78, 5) is 70.5. The highest BCUT2D eigenvalue weighted by Gasteiger charge is 2.45. The summed E-state index contributed by atoms with van der Waals surface area (Å²) in [7, 11) is 1.40. The zero-order valence-corrected chi connectivity index (χ0v) is 81.0. The van der Waals surface area contributed by atoms with Crippen LogP contribution in [-0.2, 0) is 35.7 Å². The van der Waals surface area contributed by atoms with Gasteiger partial charge in [-0.05, 0) is 277 Å². The summed E-state index contributed by atoms with van der Waals surface area (Å²) >= 11 is 0. The number of aromatic nitrogens is 13. The van der Waals surface area contributed by atoms with E-state index in [1.807, 2.05) is 148 Å². The Labute approximate surface area is 802 Å². The third kappa shape index (κ3) is 20.7. The second-order valence-electron chi connectivity index (χ2n) is 39.5. The number of alkyl halides is 1. The van der Waals surface area contributed by atoms with Crippen LogP contribution >= 0.6 is 0 Å². The fourth-order valence-electron chi connectivity index (χ4n) is 21.6. The Kier molecular flexibility index (Phi) is 28.0. The highest BCUT2D eigenvalue weighted by atomic mass is 19.1. The van der Waals surface area contributed by atoms with Crippen molar-refractivity contribution < 1.29 is 56.6 Å². The van der Waals surface area contributed by atoms with Gasteiger partial charge in [0.1, 0.15) is 34.5 Å². The van der Waals surface area contributed by atoms with Crippen molar-refractivity contribution in [2.75, 3.05) is 12.4 Å². The summed E-state index contributed by atoms with van der Waals surface area (Å²) < 4.78 is 50.3. The van der Waals surface area contributed by atoms with Crippen LogP contribution in [0.1, 0.15) is 245 Å². The monoisotopic (exact) mass is 1860 g/mol. The number of hydrogen-bond acceptors (Lipinski definition) is 18. The third-order valence-corrected chi connectivity index (χ3v) is 29.5. The number of carbonyl (C=O) groups excluding carboxylic acids is 2. The number of benzene rings is 3. The van der Waals surface area contributed by atoms with E-state index in [0.29, 0.717) is 59.7 Å². The first kappa shape index (κ1) is 94.6. The average Bonchev–Trinajstić information content (AvgIpc) is 1.62.